The molecule has 1 rings (SSSR count). The van der Waals surface area contributed by atoms with Crippen LogP contribution in [0.15, 0.2) is 17.5 Å². The summed E-state index contributed by atoms with van der Waals surface area (Å²) < 4.78 is 0. The van der Waals surface area contributed by atoms with Gasteiger partial charge in [-0.2, -0.15) is 0 Å². The Morgan fingerprint density at radius 1 is 1.46 bits per heavy atom. The van der Waals surface area contributed by atoms with E-state index in [9.17, 15) is 0 Å². The second kappa shape index (κ2) is 7.36. The molecule has 0 spiro atoms. The van der Waals surface area contributed by atoms with Crippen LogP contribution in [0.25, 0.3) is 0 Å². The van der Waals surface area contributed by atoms with Crippen LogP contribution in [0.1, 0.15) is 25.1 Å². The first-order chi connectivity index (χ1) is 5.79. The highest BCUT2D eigenvalue weighted by Crippen LogP contribution is 2.07. The SMILES string of the molecule is CC(C)CCNCc1cccs1.Cl. The fraction of sp³-hybridized carbons (Fsp3) is 0.600. The van der Waals surface area contributed by atoms with Gasteiger partial charge in [-0.05, 0) is 30.3 Å². The van der Waals surface area contributed by atoms with Crippen LogP contribution in [-0.2, 0) is 6.54 Å². The summed E-state index contributed by atoms with van der Waals surface area (Å²) in [6.45, 7) is 6.68. The van der Waals surface area contributed by atoms with Crippen molar-refractivity contribution in [3.63, 3.8) is 0 Å². The Hall–Kier alpha value is -0.0500. The number of hydrogen-bond acceptors (Lipinski definition) is 2. The van der Waals surface area contributed by atoms with Crippen molar-refractivity contribution in [1.82, 2.24) is 5.32 Å². The third-order valence-corrected chi connectivity index (χ3v) is 2.65. The highest BCUT2D eigenvalue weighted by Gasteiger charge is 1.94. The van der Waals surface area contributed by atoms with Gasteiger partial charge in [0.15, 0.2) is 0 Å². The smallest absolute Gasteiger partial charge is 0.0299 e. The lowest BCUT2D eigenvalue weighted by Gasteiger charge is -2.04. The summed E-state index contributed by atoms with van der Waals surface area (Å²) in [6.07, 6.45) is 1.27. The second-order valence-electron chi connectivity index (χ2n) is 3.44. The second-order valence-corrected chi connectivity index (χ2v) is 4.47. The van der Waals surface area contributed by atoms with Crippen molar-refractivity contribution in [2.24, 2.45) is 5.92 Å². The molecule has 1 nitrogen and oxygen atoms in total. The van der Waals surface area contributed by atoms with Crippen molar-refractivity contribution in [3.8, 4) is 0 Å². The third kappa shape index (κ3) is 6.08. The molecule has 0 bridgehead atoms. The topological polar surface area (TPSA) is 12.0 Å². The summed E-state index contributed by atoms with van der Waals surface area (Å²) in [5.41, 5.74) is 0. The molecule has 0 amide bonds. The number of hydrogen-bond donors (Lipinski definition) is 1. The largest absolute Gasteiger partial charge is 0.312 e. The fourth-order valence-electron chi connectivity index (χ4n) is 1.02. The van der Waals surface area contributed by atoms with Gasteiger partial charge in [0.05, 0.1) is 0 Å². The Labute approximate surface area is 91.0 Å². The van der Waals surface area contributed by atoms with E-state index < -0.39 is 0 Å². The van der Waals surface area contributed by atoms with Crippen LogP contribution in [0.4, 0.5) is 0 Å². The van der Waals surface area contributed by atoms with Crippen molar-refractivity contribution in [2.75, 3.05) is 6.54 Å². The van der Waals surface area contributed by atoms with E-state index in [2.05, 4.69) is 36.7 Å². The molecule has 0 fully saturated rings. The minimum atomic E-state index is 0. The van der Waals surface area contributed by atoms with Crippen LogP contribution in [0.2, 0.25) is 0 Å². The Morgan fingerprint density at radius 3 is 2.77 bits per heavy atom. The molecular weight excluding hydrogens is 202 g/mol. The summed E-state index contributed by atoms with van der Waals surface area (Å²) in [6, 6.07) is 4.27. The highest BCUT2D eigenvalue weighted by atomic mass is 35.5. The maximum atomic E-state index is 3.43. The molecule has 0 aliphatic carbocycles. The summed E-state index contributed by atoms with van der Waals surface area (Å²) in [5, 5.41) is 5.55. The van der Waals surface area contributed by atoms with Crippen LogP contribution < -0.4 is 5.32 Å². The van der Waals surface area contributed by atoms with E-state index in [1.807, 2.05) is 11.3 Å². The van der Waals surface area contributed by atoms with Gasteiger partial charge < -0.3 is 5.32 Å². The molecule has 13 heavy (non-hydrogen) atoms. The normalized spacial score (nSPS) is 10.1. The van der Waals surface area contributed by atoms with Crippen LogP contribution in [0.3, 0.4) is 0 Å². The lowest BCUT2D eigenvalue weighted by Crippen LogP contribution is -2.15. The van der Waals surface area contributed by atoms with Crippen LogP contribution in [0, 0.1) is 5.92 Å². The van der Waals surface area contributed by atoms with Gasteiger partial charge in [-0.25, -0.2) is 0 Å². The van der Waals surface area contributed by atoms with Gasteiger partial charge in [-0.15, -0.1) is 23.7 Å². The Kier molecular flexibility index (Phi) is 7.33. The standard InChI is InChI=1S/C10H17NS.ClH/c1-9(2)5-6-11-8-10-4-3-7-12-10;/h3-4,7,9,11H,5-6,8H2,1-2H3;1H. The number of halogens is 1. The molecule has 0 radical (unpaired) electrons. The van der Waals surface area contributed by atoms with Crippen molar-refractivity contribution >= 4 is 23.7 Å². The zero-order chi connectivity index (χ0) is 8.81. The molecule has 1 heterocycles. The predicted octanol–water partition coefficient (Wildman–Crippen LogP) is 3.31. The number of rotatable bonds is 5. The van der Waals surface area contributed by atoms with Crippen molar-refractivity contribution in [2.45, 2.75) is 26.8 Å². The first-order valence-electron chi connectivity index (χ1n) is 4.52. The summed E-state index contributed by atoms with van der Waals surface area (Å²) in [7, 11) is 0. The van der Waals surface area contributed by atoms with Crippen molar-refractivity contribution in [1.29, 1.82) is 0 Å². The average Bonchev–Trinajstić information content (AvgIpc) is 2.49. The predicted molar refractivity (Wildman–Crippen MR) is 62.7 cm³/mol. The minimum Gasteiger partial charge on any atom is -0.312 e. The van der Waals surface area contributed by atoms with E-state index >= 15 is 0 Å². The molecular formula is C10H18ClNS. The Bertz CT molecular complexity index is 197. The van der Waals surface area contributed by atoms with Crippen LogP contribution >= 0.6 is 23.7 Å². The highest BCUT2D eigenvalue weighted by molar-refractivity contribution is 7.09. The molecule has 1 N–H and O–H groups in total. The fourth-order valence-corrected chi connectivity index (χ4v) is 1.69. The summed E-state index contributed by atoms with van der Waals surface area (Å²) in [5.74, 6) is 0.806. The monoisotopic (exact) mass is 219 g/mol. The average molecular weight is 220 g/mol. The zero-order valence-corrected chi connectivity index (χ0v) is 9.88. The molecule has 3 heteroatoms. The molecule has 0 aromatic carbocycles. The lowest BCUT2D eigenvalue weighted by molar-refractivity contribution is 0.539. The van der Waals surface area contributed by atoms with Gasteiger partial charge in [-0.1, -0.05) is 19.9 Å². The first kappa shape index (κ1) is 12.9. The zero-order valence-electron chi connectivity index (χ0n) is 8.25. The molecule has 76 valence electrons. The van der Waals surface area contributed by atoms with Gasteiger partial charge in [0.25, 0.3) is 0 Å². The Balaban J connectivity index is 0.00000144. The van der Waals surface area contributed by atoms with E-state index in [0.717, 1.165) is 19.0 Å². The van der Waals surface area contributed by atoms with E-state index in [1.54, 1.807) is 0 Å². The van der Waals surface area contributed by atoms with Gasteiger partial charge in [0.1, 0.15) is 0 Å². The van der Waals surface area contributed by atoms with E-state index in [1.165, 1.54) is 11.3 Å². The minimum absolute atomic E-state index is 0. The number of nitrogens with one attached hydrogen (secondary N) is 1. The van der Waals surface area contributed by atoms with Crippen molar-refractivity contribution in [3.05, 3.63) is 22.4 Å². The number of thiophene rings is 1. The van der Waals surface area contributed by atoms with E-state index in [4.69, 9.17) is 0 Å². The molecule has 0 atom stereocenters. The molecule has 0 saturated heterocycles. The van der Waals surface area contributed by atoms with Gasteiger partial charge >= 0.3 is 0 Å². The summed E-state index contributed by atoms with van der Waals surface area (Å²) in [4.78, 5) is 1.43. The molecule has 0 aliphatic rings. The van der Waals surface area contributed by atoms with Crippen LogP contribution in [0.5, 0.6) is 0 Å². The molecule has 1 aromatic rings. The van der Waals surface area contributed by atoms with E-state index in [0.29, 0.717) is 0 Å². The van der Waals surface area contributed by atoms with Gasteiger partial charge in [-0.3, -0.25) is 0 Å². The molecule has 0 saturated carbocycles. The maximum Gasteiger partial charge on any atom is 0.0299 e. The van der Waals surface area contributed by atoms with Crippen molar-refractivity contribution < 1.29 is 0 Å². The Morgan fingerprint density at radius 2 is 2.23 bits per heavy atom. The third-order valence-electron chi connectivity index (χ3n) is 1.78. The first-order valence-corrected chi connectivity index (χ1v) is 5.40. The molecule has 1 aromatic heterocycles. The van der Waals surface area contributed by atoms with Crippen LogP contribution in [-0.4, -0.2) is 6.54 Å². The van der Waals surface area contributed by atoms with Gasteiger partial charge in [0, 0.05) is 11.4 Å². The molecule has 0 unspecified atom stereocenters. The van der Waals surface area contributed by atoms with Gasteiger partial charge in [0.2, 0.25) is 0 Å². The lowest BCUT2D eigenvalue weighted by atomic mass is 10.1. The maximum absolute atomic E-state index is 3.43. The van der Waals surface area contributed by atoms with E-state index in [-0.39, 0.29) is 12.4 Å². The molecule has 0 aliphatic heterocycles. The summed E-state index contributed by atoms with van der Waals surface area (Å²) >= 11 is 1.82. The quantitative estimate of drug-likeness (QED) is 0.750.